The summed E-state index contributed by atoms with van der Waals surface area (Å²) in [7, 11) is 1.47. The number of methoxy groups -OCH3 is 1. The van der Waals surface area contributed by atoms with Gasteiger partial charge < -0.3 is 9.84 Å². The summed E-state index contributed by atoms with van der Waals surface area (Å²) in [5.41, 5.74) is 5.22. The number of ether oxygens (including phenoxy) is 1. The number of halogens is 2. The van der Waals surface area contributed by atoms with E-state index in [1.165, 1.54) is 24.5 Å². The SMILES string of the molecule is COc1cc(C2C(Cl)C(=O)N2c2sc3c(c2C#N)C=C(/C=C\c2c(C)nn(-c4ccccc4)c2Cl)CC3(C)C)ccc1O. The first-order valence-electron chi connectivity index (χ1n) is 13.7. The minimum atomic E-state index is -0.799. The van der Waals surface area contributed by atoms with Crippen LogP contribution in [0.4, 0.5) is 5.00 Å². The number of carbonyl (C=O) groups is 1. The predicted octanol–water partition coefficient (Wildman–Crippen LogP) is 7.95. The second-order valence-electron chi connectivity index (χ2n) is 11.3. The van der Waals surface area contributed by atoms with E-state index in [2.05, 4.69) is 25.0 Å². The maximum Gasteiger partial charge on any atom is 0.248 e. The number of benzene rings is 2. The number of anilines is 1. The average Bonchev–Trinajstić information content (AvgIpc) is 3.50. The molecule has 0 saturated carbocycles. The molecule has 3 heterocycles. The predicted molar refractivity (Wildman–Crippen MR) is 172 cm³/mol. The van der Waals surface area contributed by atoms with Crippen molar-refractivity contribution < 1.29 is 14.6 Å². The van der Waals surface area contributed by atoms with Crippen LogP contribution in [0, 0.1) is 18.3 Å². The van der Waals surface area contributed by atoms with Gasteiger partial charge in [-0.3, -0.25) is 9.69 Å². The molecule has 1 fully saturated rings. The number of fused-ring (bicyclic) bond motifs is 1. The Labute approximate surface area is 263 Å². The first-order valence-corrected chi connectivity index (χ1v) is 15.3. The van der Waals surface area contributed by atoms with Crippen molar-refractivity contribution >= 4 is 57.6 Å². The summed E-state index contributed by atoms with van der Waals surface area (Å²) in [4.78, 5) is 15.8. The number of thiophene rings is 1. The normalized spacial score (nSPS) is 19.1. The van der Waals surface area contributed by atoms with Gasteiger partial charge in [0.15, 0.2) is 11.5 Å². The Morgan fingerprint density at radius 1 is 1.21 bits per heavy atom. The molecule has 2 aromatic carbocycles. The number of phenols is 1. The summed E-state index contributed by atoms with van der Waals surface area (Å²) < 4.78 is 7.00. The smallest absolute Gasteiger partial charge is 0.248 e. The lowest BCUT2D eigenvalue weighted by atomic mass is 9.77. The number of amides is 1. The van der Waals surface area contributed by atoms with Crippen LogP contribution in [0.1, 0.15) is 59.1 Å². The molecule has 218 valence electrons. The molecule has 7 nitrogen and oxygen atoms in total. The molecule has 2 atom stereocenters. The monoisotopic (exact) mass is 630 g/mol. The van der Waals surface area contributed by atoms with Crippen molar-refractivity contribution in [3.8, 4) is 23.3 Å². The van der Waals surface area contributed by atoms with Crippen LogP contribution in [0.2, 0.25) is 5.15 Å². The van der Waals surface area contributed by atoms with E-state index in [9.17, 15) is 15.2 Å². The minimum Gasteiger partial charge on any atom is -0.504 e. The number of para-hydroxylation sites is 1. The summed E-state index contributed by atoms with van der Waals surface area (Å²) in [6.45, 7) is 6.21. The number of aromatic hydroxyl groups is 1. The summed E-state index contributed by atoms with van der Waals surface area (Å²) in [5.74, 6) is 0.0169. The van der Waals surface area contributed by atoms with E-state index >= 15 is 0 Å². The second kappa shape index (κ2) is 10.9. The fourth-order valence-corrected chi connectivity index (χ4v) is 7.86. The molecule has 43 heavy (non-hydrogen) atoms. The molecule has 1 saturated heterocycles. The molecule has 4 aromatic rings. The number of nitrogens with zero attached hydrogens (tertiary/aromatic N) is 4. The molecule has 2 aliphatic rings. The average molecular weight is 632 g/mol. The van der Waals surface area contributed by atoms with Crippen molar-refractivity contribution in [2.75, 3.05) is 12.0 Å². The van der Waals surface area contributed by atoms with Crippen LogP contribution in [0.25, 0.3) is 17.8 Å². The Hall–Kier alpha value is -4.03. The molecule has 0 spiro atoms. The summed E-state index contributed by atoms with van der Waals surface area (Å²) >= 11 is 14.8. The Kier molecular flexibility index (Phi) is 7.37. The van der Waals surface area contributed by atoms with Gasteiger partial charge in [-0.25, -0.2) is 4.68 Å². The van der Waals surface area contributed by atoms with Gasteiger partial charge in [0.1, 0.15) is 21.6 Å². The van der Waals surface area contributed by atoms with Crippen LogP contribution < -0.4 is 9.64 Å². The van der Waals surface area contributed by atoms with Crippen LogP contribution in [0.3, 0.4) is 0 Å². The number of aromatic nitrogens is 2. The molecule has 10 heteroatoms. The van der Waals surface area contributed by atoms with Gasteiger partial charge in [-0.05, 0) is 60.9 Å². The van der Waals surface area contributed by atoms with Crippen molar-refractivity contribution in [3.05, 3.63) is 98.2 Å². The van der Waals surface area contributed by atoms with E-state index in [0.29, 0.717) is 21.3 Å². The lowest BCUT2D eigenvalue weighted by molar-refractivity contribution is -0.123. The van der Waals surface area contributed by atoms with E-state index in [1.54, 1.807) is 21.7 Å². The van der Waals surface area contributed by atoms with Gasteiger partial charge in [0.2, 0.25) is 5.91 Å². The van der Waals surface area contributed by atoms with Crippen LogP contribution in [-0.4, -0.2) is 33.3 Å². The lowest BCUT2D eigenvalue weighted by Gasteiger charge is -2.44. The van der Waals surface area contributed by atoms with Gasteiger partial charge in [0.05, 0.1) is 30.1 Å². The molecular weight excluding hydrogens is 603 g/mol. The van der Waals surface area contributed by atoms with Gasteiger partial charge in [0, 0.05) is 21.4 Å². The van der Waals surface area contributed by atoms with Crippen LogP contribution in [-0.2, 0) is 10.2 Å². The molecule has 1 aliphatic heterocycles. The molecule has 2 unspecified atom stereocenters. The Morgan fingerprint density at radius 2 is 1.95 bits per heavy atom. The molecule has 1 N–H and O–H groups in total. The highest BCUT2D eigenvalue weighted by molar-refractivity contribution is 7.17. The van der Waals surface area contributed by atoms with Gasteiger partial charge in [-0.1, -0.05) is 55.8 Å². The largest absolute Gasteiger partial charge is 0.504 e. The van der Waals surface area contributed by atoms with Crippen LogP contribution in [0.15, 0.2) is 60.2 Å². The molecule has 0 radical (unpaired) electrons. The highest BCUT2D eigenvalue weighted by Crippen LogP contribution is 2.53. The molecular formula is C33H28Cl2N4O3S. The standard InChI is InChI=1S/C33H28Cl2N4O3S/c1-18-22(30(35)39(37-18)21-8-6-5-7-9-21)12-10-19-14-23-24(17-36)32(43-29(23)33(2,3)16-19)38-28(27(34)31(38)41)20-11-13-25(40)26(15-20)42-4/h5-15,27-28,40H,16H2,1-4H3/b12-10-. The molecule has 0 bridgehead atoms. The third-order valence-corrected chi connectivity index (χ3v) is 10.3. The van der Waals surface area contributed by atoms with Gasteiger partial charge in [-0.15, -0.1) is 22.9 Å². The first-order chi connectivity index (χ1) is 20.6. The number of phenolic OH excluding ortho intramolecular Hbond substituents is 1. The summed E-state index contributed by atoms with van der Waals surface area (Å²) in [6, 6.07) is 16.5. The fraction of sp³-hybridized carbons (Fsp3) is 0.242. The molecule has 2 aromatic heterocycles. The van der Waals surface area contributed by atoms with Crippen LogP contribution >= 0.6 is 34.5 Å². The number of β-lactam (4-membered cyclic amide) rings is 1. The number of aryl methyl sites for hydroxylation is 1. The highest BCUT2D eigenvalue weighted by atomic mass is 35.5. The van der Waals surface area contributed by atoms with E-state index in [-0.39, 0.29) is 22.8 Å². The summed E-state index contributed by atoms with van der Waals surface area (Å²) in [5, 5.41) is 25.4. The van der Waals surface area contributed by atoms with Gasteiger partial charge in [0.25, 0.3) is 0 Å². The zero-order valence-electron chi connectivity index (χ0n) is 23.9. The van der Waals surface area contributed by atoms with Crippen molar-refractivity contribution in [1.82, 2.24) is 9.78 Å². The van der Waals surface area contributed by atoms with E-state index in [4.69, 9.17) is 27.9 Å². The third-order valence-electron chi connectivity index (χ3n) is 7.93. The molecule has 6 rings (SSSR count). The quantitative estimate of drug-likeness (QED) is 0.172. The van der Waals surface area contributed by atoms with Crippen molar-refractivity contribution in [2.45, 2.75) is 44.0 Å². The molecule has 1 aliphatic carbocycles. The Bertz CT molecular complexity index is 1870. The van der Waals surface area contributed by atoms with Gasteiger partial charge >= 0.3 is 0 Å². The Morgan fingerprint density at radius 3 is 2.65 bits per heavy atom. The summed E-state index contributed by atoms with van der Waals surface area (Å²) in [6.07, 6.45) is 6.77. The number of hydrogen-bond donors (Lipinski definition) is 1. The molecule has 1 amide bonds. The fourth-order valence-electron chi connectivity index (χ4n) is 5.79. The van der Waals surface area contributed by atoms with E-state index in [0.717, 1.165) is 39.4 Å². The maximum atomic E-state index is 13.2. The number of hydrogen-bond acceptors (Lipinski definition) is 6. The zero-order valence-corrected chi connectivity index (χ0v) is 26.3. The maximum absolute atomic E-state index is 13.2. The van der Waals surface area contributed by atoms with Crippen LogP contribution in [0.5, 0.6) is 11.5 Å². The van der Waals surface area contributed by atoms with Crippen molar-refractivity contribution in [1.29, 1.82) is 5.26 Å². The number of rotatable bonds is 6. The second-order valence-corrected chi connectivity index (χ2v) is 13.1. The van der Waals surface area contributed by atoms with Crippen molar-refractivity contribution in [2.24, 2.45) is 0 Å². The number of nitriles is 1. The lowest BCUT2D eigenvalue weighted by Crippen LogP contribution is -2.56. The first kappa shape index (κ1) is 29.1. The third kappa shape index (κ3) is 4.82. The van der Waals surface area contributed by atoms with Gasteiger partial charge in [-0.2, -0.15) is 10.4 Å². The van der Waals surface area contributed by atoms with Crippen molar-refractivity contribution in [3.63, 3.8) is 0 Å². The highest BCUT2D eigenvalue weighted by Gasteiger charge is 2.50. The Balaban J connectivity index is 1.38. The minimum absolute atomic E-state index is 0.00441. The van der Waals surface area contributed by atoms with E-state index in [1.807, 2.05) is 55.5 Å². The topological polar surface area (TPSA) is 91.4 Å². The number of allylic oxidation sites excluding steroid dienone is 2. The van der Waals surface area contributed by atoms with E-state index < -0.39 is 11.4 Å². The zero-order chi connectivity index (χ0) is 30.6. The number of carbonyl (C=O) groups excluding carboxylic acids is 1. The number of alkyl halides is 1.